The number of nitrogens with zero attached hydrogens (tertiary/aromatic N) is 3. The van der Waals surface area contributed by atoms with Gasteiger partial charge in [0.15, 0.2) is 0 Å². The summed E-state index contributed by atoms with van der Waals surface area (Å²) in [6, 6.07) is 6.31. The lowest BCUT2D eigenvalue weighted by molar-refractivity contribution is 0.102. The number of carbonyl (C=O) groups excluding carboxylic acids is 1. The van der Waals surface area contributed by atoms with Crippen LogP contribution in [0.25, 0.3) is 0 Å². The van der Waals surface area contributed by atoms with Crippen molar-refractivity contribution in [3.63, 3.8) is 0 Å². The molecule has 27 heavy (non-hydrogen) atoms. The number of thiazole rings is 1. The van der Waals surface area contributed by atoms with E-state index in [0.29, 0.717) is 28.0 Å². The van der Waals surface area contributed by atoms with Gasteiger partial charge in [0.05, 0.1) is 10.7 Å². The van der Waals surface area contributed by atoms with Crippen LogP contribution in [-0.4, -0.2) is 21.1 Å². The van der Waals surface area contributed by atoms with Crippen LogP contribution in [0.15, 0.2) is 24.3 Å². The van der Waals surface area contributed by atoms with E-state index in [4.69, 9.17) is 0 Å². The molecule has 0 saturated heterocycles. The third-order valence-corrected chi connectivity index (χ3v) is 6.47. The molecule has 0 unspecified atom stereocenters. The quantitative estimate of drug-likeness (QED) is 0.588. The lowest BCUT2D eigenvalue weighted by Gasteiger charge is -2.05. The molecule has 0 saturated carbocycles. The molecule has 1 N–H and O–H groups in total. The molecule has 0 aliphatic rings. The number of rotatable bonds is 7. The number of amides is 1. The van der Waals surface area contributed by atoms with E-state index in [1.807, 2.05) is 6.92 Å². The molecule has 3 rings (SSSR count). The van der Waals surface area contributed by atoms with Crippen LogP contribution in [0.4, 0.5) is 9.52 Å². The van der Waals surface area contributed by atoms with E-state index in [1.165, 1.54) is 34.8 Å². The van der Waals surface area contributed by atoms with E-state index >= 15 is 0 Å². The van der Waals surface area contributed by atoms with Gasteiger partial charge in [-0.05, 0) is 37.5 Å². The van der Waals surface area contributed by atoms with E-state index < -0.39 is 0 Å². The fraction of sp³-hybridized carbons (Fsp3) is 0.368. The molecule has 3 aromatic rings. The maximum atomic E-state index is 13.0. The molecule has 1 aromatic carbocycles. The molecule has 1 amide bonds. The van der Waals surface area contributed by atoms with E-state index in [1.54, 1.807) is 12.1 Å². The Morgan fingerprint density at radius 2 is 1.85 bits per heavy atom. The number of benzene rings is 1. The fourth-order valence-corrected chi connectivity index (χ4v) is 4.76. The smallest absolute Gasteiger partial charge is 0.269 e. The first-order chi connectivity index (χ1) is 13.0. The van der Waals surface area contributed by atoms with Crippen molar-refractivity contribution in [2.45, 2.75) is 46.0 Å². The fourth-order valence-electron chi connectivity index (χ4n) is 2.76. The van der Waals surface area contributed by atoms with Crippen molar-refractivity contribution in [1.29, 1.82) is 0 Å². The van der Waals surface area contributed by atoms with Gasteiger partial charge in [0.1, 0.15) is 15.7 Å². The molecule has 0 aliphatic carbocycles. The van der Waals surface area contributed by atoms with Crippen molar-refractivity contribution in [1.82, 2.24) is 15.2 Å². The minimum absolute atomic E-state index is 0.220. The highest BCUT2D eigenvalue weighted by molar-refractivity contribution is 7.16. The first kappa shape index (κ1) is 19.6. The molecule has 142 valence electrons. The molecule has 0 atom stereocenters. The summed E-state index contributed by atoms with van der Waals surface area (Å²) >= 11 is 2.77. The summed E-state index contributed by atoms with van der Waals surface area (Å²) < 4.78 is 13.0. The van der Waals surface area contributed by atoms with E-state index in [0.717, 1.165) is 28.4 Å². The molecule has 8 heteroatoms. The normalized spacial score (nSPS) is 11.1. The summed E-state index contributed by atoms with van der Waals surface area (Å²) in [6.07, 6.45) is 2.57. The number of nitrogens with one attached hydrogen (secondary N) is 1. The highest BCUT2D eigenvalue weighted by Crippen LogP contribution is 2.29. The maximum absolute atomic E-state index is 13.0. The topological polar surface area (TPSA) is 67.8 Å². The number of aromatic nitrogens is 3. The predicted octanol–water partition coefficient (Wildman–Crippen LogP) is 5.19. The zero-order valence-electron chi connectivity index (χ0n) is 15.5. The van der Waals surface area contributed by atoms with Crippen LogP contribution in [0.5, 0.6) is 0 Å². The SMILES string of the molecule is CCC(CC)c1nnc(NC(=O)c2sc(Cc3ccc(F)cc3)nc2C)s1. The average molecular weight is 405 g/mol. The zero-order valence-corrected chi connectivity index (χ0v) is 17.1. The standard InChI is InChI=1S/C19H21FN4OS2/c1-4-13(5-2)18-23-24-19(27-18)22-17(25)16-11(3)21-15(26-16)10-12-6-8-14(20)9-7-12/h6-9,13H,4-5,10H2,1-3H3,(H,22,24,25). The Hall–Kier alpha value is -2.19. The summed E-state index contributed by atoms with van der Waals surface area (Å²) in [5, 5.41) is 13.4. The Morgan fingerprint density at radius 1 is 1.15 bits per heavy atom. The van der Waals surface area contributed by atoms with Crippen molar-refractivity contribution in [2.24, 2.45) is 0 Å². The molecule has 5 nitrogen and oxygen atoms in total. The van der Waals surface area contributed by atoms with Crippen LogP contribution in [-0.2, 0) is 6.42 Å². The van der Waals surface area contributed by atoms with Crippen LogP contribution in [0.1, 0.15) is 63.6 Å². The number of hydrogen-bond donors (Lipinski definition) is 1. The van der Waals surface area contributed by atoms with Gasteiger partial charge in [0, 0.05) is 12.3 Å². The van der Waals surface area contributed by atoms with Crippen LogP contribution in [0, 0.1) is 12.7 Å². The van der Waals surface area contributed by atoms with Crippen LogP contribution in [0.3, 0.4) is 0 Å². The Kier molecular flexibility index (Phi) is 6.28. The van der Waals surface area contributed by atoms with Gasteiger partial charge in [-0.1, -0.05) is 37.3 Å². The first-order valence-electron chi connectivity index (χ1n) is 8.85. The number of aryl methyl sites for hydroxylation is 1. The lowest BCUT2D eigenvalue weighted by atomic mass is 10.1. The van der Waals surface area contributed by atoms with Gasteiger partial charge in [0.25, 0.3) is 5.91 Å². The lowest BCUT2D eigenvalue weighted by Crippen LogP contribution is -2.11. The second-order valence-electron chi connectivity index (χ2n) is 6.24. The predicted molar refractivity (Wildman–Crippen MR) is 107 cm³/mol. The zero-order chi connectivity index (χ0) is 19.4. The summed E-state index contributed by atoms with van der Waals surface area (Å²) in [4.78, 5) is 17.7. The van der Waals surface area contributed by atoms with Gasteiger partial charge in [-0.2, -0.15) is 0 Å². The molecule has 0 fully saturated rings. The highest BCUT2D eigenvalue weighted by atomic mass is 32.1. The summed E-state index contributed by atoms with van der Waals surface area (Å²) in [7, 11) is 0. The molecule has 0 spiro atoms. The summed E-state index contributed by atoms with van der Waals surface area (Å²) in [5.41, 5.74) is 1.63. The van der Waals surface area contributed by atoms with Crippen LogP contribution in [0.2, 0.25) is 0 Å². The second-order valence-corrected chi connectivity index (χ2v) is 8.33. The van der Waals surface area contributed by atoms with Crippen molar-refractivity contribution in [2.75, 3.05) is 5.32 Å². The van der Waals surface area contributed by atoms with E-state index in [9.17, 15) is 9.18 Å². The Balaban J connectivity index is 1.70. The Bertz CT molecular complexity index is 916. The van der Waals surface area contributed by atoms with Crippen molar-refractivity contribution in [3.8, 4) is 0 Å². The molecule has 2 aromatic heterocycles. The first-order valence-corrected chi connectivity index (χ1v) is 10.5. The van der Waals surface area contributed by atoms with Gasteiger partial charge in [-0.15, -0.1) is 21.5 Å². The number of anilines is 1. The summed E-state index contributed by atoms with van der Waals surface area (Å²) in [6.45, 7) is 6.06. The molecule has 0 aliphatic heterocycles. The van der Waals surface area contributed by atoms with Crippen LogP contribution < -0.4 is 5.32 Å². The third kappa shape index (κ3) is 4.75. The average Bonchev–Trinajstić information content (AvgIpc) is 3.25. The molecular formula is C19H21FN4OS2. The van der Waals surface area contributed by atoms with E-state index in [2.05, 4.69) is 34.3 Å². The van der Waals surface area contributed by atoms with Crippen molar-refractivity contribution < 1.29 is 9.18 Å². The minimum Gasteiger partial charge on any atom is -0.296 e. The molecular weight excluding hydrogens is 383 g/mol. The largest absolute Gasteiger partial charge is 0.296 e. The number of hydrogen-bond acceptors (Lipinski definition) is 6. The Morgan fingerprint density at radius 3 is 2.52 bits per heavy atom. The monoisotopic (exact) mass is 404 g/mol. The Labute approximate surface area is 165 Å². The van der Waals surface area contributed by atoms with Gasteiger partial charge < -0.3 is 0 Å². The highest BCUT2D eigenvalue weighted by Gasteiger charge is 2.19. The van der Waals surface area contributed by atoms with Gasteiger partial charge in [0.2, 0.25) is 5.13 Å². The van der Waals surface area contributed by atoms with Gasteiger partial charge in [-0.25, -0.2) is 9.37 Å². The van der Waals surface area contributed by atoms with Crippen LogP contribution >= 0.6 is 22.7 Å². The van der Waals surface area contributed by atoms with Gasteiger partial charge >= 0.3 is 0 Å². The molecule has 0 bridgehead atoms. The van der Waals surface area contributed by atoms with E-state index in [-0.39, 0.29) is 11.7 Å². The second kappa shape index (κ2) is 8.67. The minimum atomic E-state index is -0.265. The van der Waals surface area contributed by atoms with Gasteiger partial charge in [-0.3, -0.25) is 10.1 Å². The maximum Gasteiger partial charge on any atom is 0.269 e. The third-order valence-electron chi connectivity index (χ3n) is 4.31. The van der Waals surface area contributed by atoms with Crippen molar-refractivity contribution >= 4 is 33.7 Å². The molecule has 0 radical (unpaired) electrons. The molecule has 2 heterocycles. The number of carbonyl (C=O) groups is 1. The van der Waals surface area contributed by atoms with Crippen molar-refractivity contribution in [3.05, 3.63) is 56.2 Å². The number of halogens is 1. The summed E-state index contributed by atoms with van der Waals surface area (Å²) in [5.74, 6) is -0.109.